The molecule has 2 nitrogen and oxygen atoms in total. The Morgan fingerprint density at radius 3 is 2.25 bits per heavy atom. The van der Waals surface area contributed by atoms with Gasteiger partial charge in [0.15, 0.2) is 0 Å². The Labute approximate surface area is 100 Å². The first-order valence-electron chi connectivity index (χ1n) is 7.19. The molecule has 1 saturated carbocycles. The Hall–Kier alpha value is -0.0800. The van der Waals surface area contributed by atoms with E-state index in [1.165, 1.54) is 51.6 Å². The number of hydrogen-bond donors (Lipinski definition) is 1. The van der Waals surface area contributed by atoms with Gasteiger partial charge >= 0.3 is 0 Å². The maximum atomic E-state index is 9.83. The molecule has 0 aromatic carbocycles. The SMILES string of the molecule is CC1CCC(O)CC1N1CCCCCCC1. The van der Waals surface area contributed by atoms with Crippen molar-refractivity contribution in [2.24, 2.45) is 5.92 Å². The summed E-state index contributed by atoms with van der Waals surface area (Å²) < 4.78 is 0. The average Bonchev–Trinajstić information content (AvgIpc) is 2.22. The van der Waals surface area contributed by atoms with Crippen LogP contribution < -0.4 is 0 Å². The van der Waals surface area contributed by atoms with Gasteiger partial charge in [-0.2, -0.15) is 0 Å². The lowest BCUT2D eigenvalue weighted by Gasteiger charge is -2.41. The molecule has 0 aromatic rings. The summed E-state index contributed by atoms with van der Waals surface area (Å²) in [6.07, 6.45) is 10.2. The molecule has 3 atom stereocenters. The normalized spacial score (nSPS) is 39.0. The molecular formula is C14H27NO. The second kappa shape index (κ2) is 6.02. The molecule has 2 aliphatic rings. The number of aliphatic hydroxyl groups excluding tert-OH is 1. The molecule has 2 rings (SSSR count). The standard InChI is InChI=1S/C14H27NO/c1-12-7-8-13(16)11-14(12)15-9-5-3-2-4-6-10-15/h12-14,16H,2-11H2,1H3. The first-order valence-corrected chi connectivity index (χ1v) is 7.19. The molecule has 1 saturated heterocycles. The van der Waals surface area contributed by atoms with Crippen LogP contribution in [0.15, 0.2) is 0 Å². The van der Waals surface area contributed by atoms with Crippen LogP contribution in [-0.2, 0) is 0 Å². The Bertz CT molecular complexity index is 199. The lowest BCUT2D eigenvalue weighted by molar-refractivity contribution is 0.0288. The summed E-state index contributed by atoms with van der Waals surface area (Å²) in [5.74, 6) is 0.780. The zero-order chi connectivity index (χ0) is 11.4. The van der Waals surface area contributed by atoms with E-state index in [1.54, 1.807) is 0 Å². The first-order chi connectivity index (χ1) is 7.77. The van der Waals surface area contributed by atoms with Crippen molar-refractivity contribution in [3.05, 3.63) is 0 Å². The number of hydrogen-bond acceptors (Lipinski definition) is 2. The summed E-state index contributed by atoms with van der Waals surface area (Å²) in [4.78, 5) is 2.67. The summed E-state index contributed by atoms with van der Waals surface area (Å²) in [7, 11) is 0. The van der Waals surface area contributed by atoms with Crippen molar-refractivity contribution < 1.29 is 5.11 Å². The van der Waals surface area contributed by atoms with Crippen molar-refractivity contribution in [1.82, 2.24) is 4.90 Å². The van der Waals surface area contributed by atoms with Crippen molar-refractivity contribution in [2.75, 3.05) is 13.1 Å². The monoisotopic (exact) mass is 225 g/mol. The number of aliphatic hydroxyl groups is 1. The summed E-state index contributed by atoms with van der Waals surface area (Å²) >= 11 is 0. The van der Waals surface area contributed by atoms with Crippen molar-refractivity contribution in [3.8, 4) is 0 Å². The third-order valence-electron chi connectivity index (χ3n) is 4.49. The van der Waals surface area contributed by atoms with Gasteiger partial charge in [-0.1, -0.05) is 26.2 Å². The summed E-state index contributed by atoms with van der Waals surface area (Å²) in [6, 6.07) is 0.654. The van der Waals surface area contributed by atoms with Crippen molar-refractivity contribution in [2.45, 2.75) is 70.4 Å². The maximum Gasteiger partial charge on any atom is 0.0555 e. The molecule has 1 N–H and O–H groups in total. The molecule has 2 heteroatoms. The Morgan fingerprint density at radius 1 is 0.938 bits per heavy atom. The van der Waals surface area contributed by atoms with E-state index in [4.69, 9.17) is 0 Å². The second-order valence-corrected chi connectivity index (χ2v) is 5.82. The summed E-state index contributed by atoms with van der Waals surface area (Å²) in [5, 5.41) is 9.83. The highest BCUT2D eigenvalue weighted by Gasteiger charge is 2.30. The highest BCUT2D eigenvalue weighted by Crippen LogP contribution is 2.29. The highest BCUT2D eigenvalue weighted by atomic mass is 16.3. The van der Waals surface area contributed by atoms with E-state index in [1.807, 2.05) is 0 Å². The van der Waals surface area contributed by atoms with Crippen molar-refractivity contribution in [3.63, 3.8) is 0 Å². The van der Waals surface area contributed by atoms with Gasteiger partial charge in [-0.25, -0.2) is 0 Å². The maximum absolute atomic E-state index is 9.83. The van der Waals surface area contributed by atoms with Gasteiger partial charge in [0.2, 0.25) is 0 Å². The van der Waals surface area contributed by atoms with Crippen LogP contribution in [0.25, 0.3) is 0 Å². The topological polar surface area (TPSA) is 23.5 Å². The van der Waals surface area contributed by atoms with Gasteiger partial charge in [0.05, 0.1) is 6.10 Å². The molecule has 94 valence electrons. The quantitative estimate of drug-likeness (QED) is 0.742. The zero-order valence-corrected chi connectivity index (χ0v) is 10.7. The predicted molar refractivity (Wildman–Crippen MR) is 67.5 cm³/mol. The van der Waals surface area contributed by atoms with E-state index in [9.17, 15) is 5.11 Å². The first kappa shape index (κ1) is 12.4. The van der Waals surface area contributed by atoms with Crippen LogP contribution in [-0.4, -0.2) is 35.2 Å². The molecule has 0 spiro atoms. The molecular weight excluding hydrogens is 198 g/mol. The molecule has 1 heterocycles. The largest absolute Gasteiger partial charge is 0.393 e. The third-order valence-corrected chi connectivity index (χ3v) is 4.49. The fraction of sp³-hybridized carbons (Fsp3) is 1.00. The minimum atomic E-state index is -0.0355. The van der Waals surface area contributed by atoms with Gasteiger partial charge in [0, 0.05) is 6.04 Å². The van der Waals surface area contributed by atoms with Gasteiger partial charge in [-0.05, 0) is 51.1 Å². The van der Waals surface area contributed by atoms with Crippen LogP contribution >= 0.6 is 0 Å². The molecule has 0 bridgehead atoms. The van der Waals surface area contributed by atoms with Gasteiger partial charge < -0.3 is 10.0 Å². The molecule has 0 aromatic heterocycles. The van der Waals surface area contributed by atoms with Crippen LogP contribution in [0.5, 0.6) is 0 Å². The average molecular weight is 225 g/mol. The number of rotatable bonds is 1. The van der Waals surface area contributed by atoms with E-state index in [0.717, 1.165) is 18.8 Å². The summed E-state index contributed by atoms with van der Waals surface area (Å²) in [6.45, 7) is 4.90. The fourth-order valence-corrected chi connectivity index (χ4v) is 3.39. The van der Waals surface area contributed by atoms with Gasteiger partial charge in [-0.3, -0.25) is 0 Å². The molecule has 2 fully saturated rings. The zero-order valence-electron chi connectivity index (χ0n) is 10.7. The molecule has 0 amide bonds. The van der Waals surface area contributed by atoms with Gasteiger partial charge in [0.1, 0.15) is 0 Å². The minimum absolute atomic E-state index is 0.0355. The molecule has 1 aliphatic carbocycles. The van der Waals surface area contributed by atoms with Gasteiger partial charge in [-0.15, -0.1) is 0 Å². The Kier molecular flexibility index (Phi) is 4.66. The molecule has 3 unspecified atom stereocenters. The Morgan fingerprint density at radius 2 is 1.56 bits per heavy atom. The molecule has 1 aliphatic heterocycles. The van der Waals surface area contributed by atoms with Crippen molar-refractivity contribution >= 4 is 0 Å². The van der Waals surface area contributed by atoms with E-state index in [-0.39, 0.29) is 6.10 Å². The van der Waals surface area contributed by atoms with E-state index in [0.29, 0.717) is 6.04 Å². The van der Waals surface area contributed by atoms with Crippen LogP contribution in [0.2, 0.25) is 0 Å². The highest BCUT2D eigenvalue weighted by molar-refractivity contribution is 4.85. The molecule has 16 heavy (non-hydrogen) atoms. The smallest absolute Gasteiger partial charge is 0.0555 e. The Balaban J connectivity index is 1.91. The van der Waals surface area contributed by atoms with E-state index >= 15 is 0 Å². The van der Waals surface area contributed by atoms with E-state index in [2.05, 4.69) is 11.8 Å². The van der Waals surface area contributed by atoms with Crippen molar-refractivity contribution in [1.29, 1.82) is 0 Å². The lowest BCUT2D eigenvalue weighted by atomic mass is 9.83. The predicted octanol–water partition coefficient (Wildman–Crippen LogP) is 2.80. The van der Waals surface area contributed by atoms with Crippen LogP contribution in [0.3, 0.4) is 0 Å². The number of nitrogens with zero attached hydrogens (tertiary/aromatic N) is 1. The minimum Gasteiger partial charge on any atom is -0.393 e. The fourth-order valence-electron chi connectivity index (χ4n) is 3.39. The van der Waals surface area contributed by atoms with Gasteiger partial charge in [0.25, 0.3) is 0 Å². The summed E-state index contributed by atoms with van der Waals surface area (Å²) in [5.41, 5.74) is 0. The van der Waals surface area contributed by atoms with Crippen LogP contribution in [0.1, 0.15) is 58.3 Å². The third kappa shape index (κ3) is 3.21. The van der Waals surface area contributed by atoms with E-state index < -0.39 is 0 Å². The molecule has 0 radical (unpaired) electrons. The second-order valence-electron chi connectivity index (χ2n) is 5.82. The van der Waals surface area contributed by atoms with Crippen LogP contribution in [0.4, 0.5) is 0 Å². The lowest BCUT2D eigenvalue weighted by Crippen LogP contribution is -2.46. The van der Waals surface area contributed by atoms with Crippen LogP contribution in [0, 0.1) is 5.92 Å². The number of likely N-dealkylation sites (tertiary alicyclic amines) is 1.